The summed E-state index contributed by atoms with van der Waals surface area (Å²) in [5, 5.41) is 5.79. The molecule has 0 radical (unpaired) electrons. The van der Waals surface area contributed by atoms with E-state index in [2.05, 4.69) is 35.9 Å². The highest BCUT2D eigenvalue weighted by Gasteiger charge is 2.26. The molecular formula is C10H18N2O2S2. The third-order valence-corrected chi connectivity index (χ3v) is 3.32. The first-order valence-corrected chi connectivity index (χ1v) is 6.74. The summed E-state index contributed by atoms with van der Waals surface area (Å²) in [6.45, 7) is 0. The Morgan fingerprint density at radius 2 is 1.31 bits per heavy atom. The van der Waals surface area contributed by atoms with Gasteiger partial charge in [0.25, 0.3) is 0 Å². The second-order valence-electron chi connectivity index (χ2n) is 3.95. The minimum absolute atomic E-state index is 0.0391. The molecule has 0 aliphatic heterocycles. The monoisotopic (exact) mass is 262 g/mol. The van der Waals surface area contributed by atoms with Crippen LogP contribution in [0.15, 0.2) is 0 Å². The Kier molecular flexibility index (Phi) is 6.05. The van der Waals surface area contributed by atoms with Crippen molar-refractivity contribution in [3.8, 4) is 0 Å². The fourth-order valence-corrected chi connectivity index (χ4v) is 2.16. The fraction of sp³-hybridized carbons (Fsp3) is 0.800. The lowest BCUT2D eigenvalue weighted by molar-refractivity contribution is -0.122. The van der Waals surface area contributed by atoms with Crippen molar-refractivity contribution in [2.45, 2.75) is 37.8 Å². The molecule has 6 heteroatoms. The van der Waals surface area contributed by atoms with Gasteiger partial charge in [0.05, 0.1) is 11.5 Å². The van der Waals surface area contributed by atoms with Crippen LogP contribution in [-0.4, -0.2) is 35.4 Å². The Balaban J connectivity index is 2.49. The highest BCUT2D eigenvalue weighted by molar-refractivity contribution is 7.81. The summed E-state index contributed by atoms with van der Waals surface area (Å²) in [7, 11) is 0. The van der Waals surface area contributed by atoms with Gasteiger partial charge in [-0.05, 0) is 12.8 Å². The van der Waals surface area contributed by atoms with Crippen LogP contribution in [-0.2, 0) is 9.59 Å². The maximum atomic E-state index is 11.3. The highest BCUT2D eigenvalue weighted by atomic mass is 32.1. The lowest BCUT2D eigenvalue weighted by Crippen LogP contribution is -2.53. The molecule has 1 saturated carbocycles. The Labute approximate surface area is 107 Å². The van der Waals surface area contributed by atoms with Gasteiger partial charge in [-0.15, -0.1) is 0 Å². The van der Waals surface area contributed by atoms with Crippen molar-refractivity contribution in [2.24, 2.45) is 0 Å². The molecule has 2 N–H and O–H groups in total. The van der Waals surface area contributed by atoms with E-state index in [0.29, 0.717) is 0 Å². The number of thiol groups is 2. The van der Waals surface area contributed by atoms with Crippen molar-refractivity contribution in [3.63, 3.8) is 0 Å². The molecule has 2 atom stereocenters. The number of amides is 2. The van der Waals surface area contributed by atoms with E-state index in [0.717, 1.165) is 25.7 Å². The molecular weight excluding hydrogens is 244 g/mol. The molecule has 1 aliphatic carbocycles. The van der Waals surface area contributed by atoms with E-state index in [1.54, 1.807) is 0 Å². The molecule has 1 rings (SSSR count). The lowest BCUT2D eigenvalue weighted by atomic mass is 9.90. The zero-order valence-corrected chi connectivity index (χ0v) is 10.9. The van der Waals surface area contributed by atoms with E-state index in [1.807, 2.05) is 0 Å². The predicted molar refractivity (Wildman–Crippen MR) is 70.0 cm³/mol. The zero-order valence-electron chi connectivity index (χ0n) is 9.11. The average molecular weight is 262 g/mol. The molecule has 0 aromatic heterocycles. The second-order valence-corrected chi connectivity index (χ2v) is 4.58. The third-order valence-electron chi connectivity index (χ3n) is 2.75. The molecule has 16 heavy (non-hydrogen) atoms. The normalized spacial score (nSPS) is 24.9. The van der Waals surface area contributed by atoms with E-state index in [-0.39, 0.29) is 35.4 Å². The Bertz CT molecular complexity index is 235. The Morgan fingerprint density at radius 3 is 1.62 bits per heavy atom. The van der Waals surface area contributed by atoms with Crippen molar-refractivity contribution < 1.29 is 9.59 Å². The summed E-state index contributed by atoms with van der Waals surface area (Å²) in [6.07, 6.45) is 4.00. The number of hydrogen-bond donors (Lipinski definition) is 4. The molecule has 1 fully saturated rings. The zero-order chi connectivity index (χ0) is 12.0. The Morgan fingerprint density at radius 1 is 0.938 bits per heavy atom. The van der Waals surface area contributed by atoms with Gasteiger partial charge in [0.1, 0.15) is 0 Å². The van der Waals surface area contributed by atoms with Gasteiger partial charge in [-0.25, -0.2) is 0 Å². The average Bonchev–Trinajstić information content (AvgIpc) is 2.31. The first-order valence-electron chi connectivity index (χ1n) is 5.47. The van der Waals surface area contributed by atoms with Crippen LogP contribution in [0.1, 0.15) is 25.7 Å². The van der Waals surface area contributed by atoms with Gasteiger partial charge < -0.3 is 10.6 Å². The predicted octanol–water partition coefficient (Wildman–Crippen LogP) is 0.390. The van der Waals surface area contributed by atoms with Crippen molar-refractivity contribution in [1.82, 2.24) is 10.6 Å². The summed E-state index contributed by atoms with van der Waals surface area (Å²) in [5.41, 5.74) is 0. The number of rotatable bonds is 4. The van der Waals surface area contributed by atoms with Gasteiger partial charge in [0.2, 0.25) is 11.8 Å². The van der Waals surface area contributed by atoms with E-state index < -0.39 is 0 Å². The van der Waals surface area contributed by atoms with E-state index in [9.17, 15) is 9.59 Å². The second kappa shape index (κ2) is 7.06. The smallest absolute Gasteiger partial charge is 0.230 e. The molecule has 92 valence electrons. The van der Waals surface area contributed by atoms with Crippen LogP contribution in [0.4, 0.5) is 0 Å². The maximum Gasteiger partial charge on any atom is 0.230 e. The quantitative estimate of drug-likeness (QED) is 0.554. The van der Waals surface area contributed by atoms with Crippen molar-refractivity contribution >= 4 is 37.1 Å². The first kappa shape index (κ1) is 13.7. The van der Waals surface area contributed by atoms with E-state index in [4.69, 9.17) is 0 Å². The minimum Gasteiger partial charge on any atom is -0.351 e. The fourth-order valence-electron chi connectivity index (χ4n) is 1.98. The number of carbonyl (C=O) groups is 2. The SMILES string of the molecule is O=C(CS)N[C@@H]1CCCC[C@H]1NC(=O)CS. The summed E-state index contributed by atoms with van der Waals surface area (Å²) >= 11 is 7.84. The van der Waals surface area contributed by atoms with E-state index >= 15 is 0 Å². The number of nitrogens with one attached hydrogen (secondary N) is 2. The summed E-state index contributed by atoms with van der Waals surface area (Å²) < 4.78 is 0. The first-order chi connectivity index (χ1) is 7.67. The molecule has 0 spiro atoms. The van der Waals surface area contributed by atoms with Gasteiger partial charge in [0, 0.05) is 12.1 Å². The van der Waals surface area contributed by atoms with Gasteiger partial charge in [-0.2, -0.15) is 25.3 Å². The number of hydrogen-bond acceptors (Lipinski definition) is 4. The van der Waals surface area contributed by atoms with Crippen LogP contribution < -0.4 is 10.6 Å². The molecule has 4 nitrogen and oxygen atoms in total. The third kappa shape index (κ3) is 4.25. The largest absolute Gasteiger partial charge is 0.351 e. The van der Waals surface area contributed by atoms with Crippen molar-refractivity contribution in [3.05, 3.63) is 0 Å². The molecule has 2 amide bonds. The highest BCUT2D eigenvalue weighted by Crippen LogP contribution is 2.18. The summed E-state index contributed by atoms with van der Waals surface area (Å²) in [4.78, 5) is 22.5. The molecule has 0 heterocycles. The molecule has 1 aliphatic rings. The molecule has 0 aromatic carbocycles. The van der Waals surface area contributed by atoms with Crippen LogP contribution in [0.5, 0.6) is 0 Å². The van der Waals surface area contributed by atoms with Crippen molar-refractivity contribution in [2.75, 3.05) is 11.5 Å². The van der Waals surface area contributed by atoms with Gasteiger partial charge in [0.15, 0.2) is 0 Å². The number of carbonyl (C=O) groups excluding carboxylic acids is 2. The molecule has 0 aromatic rings. The van der Waals surface area contributed by atoms with Gasteiger partial charge >= 0.3 is 0 Å². The summed E-state index contributed by atoms with van der Waals surface area (Å²) in [5.74, 6) is 0.203. The maximum absolute atomic E-state index is 11.3. The van der Waals surface area contributed by atoms with Crippen LogP contribution in [0.3, 0.4) is 0 Å². The molecule has 0 bridgehead atoms. The van der Waals surface area contributed by atoms with Crippen LogP contribution >= 0.6 is 25.3 Å². The Hall–Kier alpha value is -0.360. The van der Waals surface area contributed by atoms with Gasteiger partial charge in [-0.1, -0.05) is 12.8 Å². The minimum atomic E-state index is -0.0830. The van der Waals surface area contributed by atoms with Crippen LogP contribution in [0.25, 0.3) is 0 Å². The van der Waals surface area contributed by atoms with Crippen LogP contribution in [0.2, 0.25) is 0 Å². The van der Waals surface area contributed by atoms with Gasteiger partial charge in [-0.3, -0.25) is 9.59 Å². The standard InChI is InChI=1S/C10H18N2O2S2/c13-9(5-15)11-7-3-1-2-4-8(7)12-10(14)6-16/h7-8,15-16H,1-6H2,(H,11,13)(H,12,14)/t7-,8-/m1/s1. The lowest BCUT2D eigenvalue weighted by Gasteiger charge is -2.32. The van der Waals surface area contributed by atoms with Crippen LogP contribution in [0, 0.1) is 0 Å². The van der Waals surface area contributed by atoms with E-state index in [1.165, 1.54) is 0 Å². The topological polar surface area (TPSA) is 58.2 Å². The van der Waals surface area contributed by atoms with Crippen molar-refractivity contribution in [1.29, 1.82) is 0 Å². The molecule has 0 unspecified atom stereocenters. The summed E-state index contributed by atoms with van der Waals surface area (Å²) in [6, 6.07) is 0.0782. The molecule has 0 saturated heterocycles.